The number of carboxylic acid groups (broad SMARTS) is 1. The summed E-state index contributed by atoms with van der Waals surface area (Å²) in [5, 5.41) is 9.09. The predicted octanol–water partition coefficient (Wildman–Crippen LogP) is 4.61. The van der Waals surface area contributed by atoms with E-state index < -0.39 is 10.8 Å². The average molecular weight is 441 g/mol. The second-order valence-electron chi connectivity index (χ2n) is 4.44. The minimum atomic E-state index is -0.843. The highest BCUT2D eigenvalue weighted by Gasteiger charge is 2.28. The molecular formula is C13H13Br3O2. The summed E-state index contributed by atoms with van der Waals surface area (Å²) in [4.78, 5) is 10.3. The van der Waals surface area contributed by atoms with Gasteiger partial charge in [0.1, 0.15) is 4.83 Å². The van der Waals surface area contributed by atoms with Gasteiger partial charge in [0, 0.05) is 4.47 Å². The fourth-order valence-corrected chi connectivity index (χ4v) is 3.90. The van der Waals surface area contributed by atoms with Crippen molar-refractivity contribution in [1.29, 1.82) is 0 Å². The first-order chi connectivity index (χ1) is 8.52. The van der Waals surface area contributed by atoms with Crippen LogP contribution in [-0.2, 0) is 17.6 Å². The summed E-state index contributed by atoms with van der Waals surface area (Å²) in [6, 6.07) is 4.04. The third-order valence-corrected chi connectivity index (χ3v) is 6.70. The van der Waals surface area contributed by atoms with Crippen molar-refractivity contribution in [2.75, 3.05) is 0 Å². The quantitative estimate of drug-likeness (QED) is 0.697. The van der Waals surface area contributed by atoms with Gasteiger partial charge in [0.25, 0.3) is 0 Å². The molecule has 0 fully saturated rings. The van der Waals surface area contributed by atoms with Crippen molar-refractivity contribution in [3.8, 4) is 0 Å². The van der Waals surface area contributed by atoms with E-state index in [1.165, 1.54) is 24.0 Å². The van der Waals surface area contributed by atoms with Gasteiger partial charge in [0.05, 0.1) is 4.83 Å². The Bertz CT molecular complexity index is 474. The maximum absolute atomic E-state index is 11.1. The van der Waals surface area contributed by atoms with Gasteiger partial charge in [-0.2, -0.15) is 0 Å². The molecule has 0 spiro atoms. The standard InChI is InChI=1S/C13H13Br3O2/c14-10-6-5-9(11(15)12(16)13(17)18)7-3-1-2-4-8(7)10/h5-6,11-12H,1-4H2,(H,17,18). The first-order valence-electron chi connectivity index (χ1n) is 5.83. The number of carboxylic acids is 1. The molecule has 2 atom stereocenters. The van der Waals surface area contributed by atoms with Gasteiger partial charge in [-0.05, 0) is 48.4 Å². The third-order valence-electron chi connectivity index (χ3n) is 3.30. The molecule has 0 bridgehead atoms. The first kappa shape index (κ1) is 14.5. The van der Waals surface area contributed by atoms with Crippen LogP contribution in [0.4, 0.5) is 0 Å². The topological polar surface area (TPSA) is 37.3 Å². The fourth-order valence-electron chi connectivity index (χ4n) is 2.39. The molecule has 2 rings (SSSR count). The normalized spacial score (nSPS) is 17.9. The zero-order valence-electron chi connectivity index (χ0n) is 9.63. The van der Waals surface area contributed by atoms with Crippen molar-refractivity contribution < 1.29 is 9.90 Å². The van der Waals surface area contributed by atoms with Crippen LogP contribution in [0.25, 0.3) is 0 Å². The molecule has 1 aliphatic rings. The van der Waals surface area contributed by atoms with Crippen LogP contribution in [0, 0.1) is 0 Å². The van der Waals surface area contributed by atoms with Crippen molar-refractivity contribution in [3.05, 3.63) is 33.3 Å². The van der Waals surface area contributed by atoms with Crippen LogP contribution in [0.5, 0.6) is 0 Å². The lowest BCUT2D eigenvalue weighted by Gasteiger charge is -2.24. The van der Waals surface area contributed by atoms with Gasteiger partial charge in [-0.15, -0.1) is 0 Å². The smallest absolute Gasteiger partial charge is 0.318 e. The largest absolute Gasteiger partial charge is 0.480 e. The maximum atomic E-state index is 11.1. The predicted molar refractivity (Wildman–Crippen MR) is 82.8 cm³/mol. The number of hydrogen-bond donors (Lipinski definition) is 1. The molecule has 0 heterocycles. The second kappa shape index (κ2) is 6.06. The Morgan fingerprint density at radius 3 is 2.39 bits per heavy atom. The van der Waals surface area contributed by atoms with E-state index in [0.717, 1.165) is 22.9 Å². The van der Waals surface area contributed by atoms with Gasteiger partial charge < -0.3 is 5.11 Å². The van der Waals surface area contributed by atoms with E-state index in [0.29, 0.717) is 0 Å². The van der Waals surface area contributed by atoms with E-state index in [1.807, 2.05) is 12.1 Å². The van der Waals surface area contributed by atoms with Gasteiger partial charge in [0.15, 0.2) is 0 Å². The molecule has 0 amide bonds. The van der Waals surface area contributed by atoms with Crippen molar-refractivity contribution in [1.82, 2.24) is 0 Å². The van der Waals surface area contributed by atoms with Gasteiger partial charge >= 0.3 is 5.97 Å². The van der Waals surface area contributed by atoms with E-state index in [2.05, 4.69) is 47.8 Å². The van der Waals surface area contributed by atoms with E-state index in [4.69, 9.17) is 5.11 Å². The summed E-state index contributed by atoms with van der Waals surface area (Å²) < 4.78 is 1.14. The Morgan fingerprint density at radius 1 is 1.17 bits per heavy atom. The Labute approximate surface area is 132 Å². The van der Waals surface area contributed by atoms with Crippen LogP contribution >= 0.6 is 47.8 Å². The van der Waals surface area contributed by atoms with E-state index in [-0.39, 0.29) is 4.83 Å². The molecule has 1 N–H and O–H groups in total. The van der Waals surface area contributed by atoms with E-state index >= 15 is 0 Å². The highest BCUT2D eigenvalue weighted by atomic mass is 79.9. The molecular weight excluding hydrogens is 428 g/mol. The number of carbonyl (C=O) groups is 1. The summed E-state index contributed by atoms with van der Waals surface area (Å²) >= 11 is 10.3. The lowest BCUT2D eigenvalue weighted by molar-refractivity contribution is -0.136. The second-order valence-corrected chi connectivity index (χ2v) is 7.27. The number of hydrogen-bond acceptors (Lipinski definition) is 1. The number of fused-ring (bicyclic) bond motifs is 1. The summed E-state index contributed by atoms with van der Waals surface area (Å²) in [7, 11) is 0. The number of benzene rings is 1. The Morgan fingerprint density at radius 2 is 1.78 bits per heavy atom. The molecule has 98 valence electrons. The van der Waals surface area contributed by atoms with Crippen molar-refractivity contribution >= 4 is 53.8 Å². The van der Waals surface area contributed by atoms with Gasteiger partial charge in [-0.25, -0.2) is 0 Å². The van der Waals surface area contributed by atoms with Crippen LogP contribution in [0.15, 0.2) is 16.6 Å². The van der Waals surface area contributed by atoms with E-state index in [9.17, 15) is 4.79 Å². The summed E-state index contributed by atoms with van der Waals surface area (Å²) in [6.07, 6.45) is 4.49. The van der Waals surface area contributed by atoms with E-state index in [1.54, 1.807) is 0 Å². The van der Waals surface area contributed by atoms with Crippen LogP contribution in [0.3, 0.4) is 0 Å². The minimum absolute atomic E-state index is 0.199. The fraction of sp³-hybridized carbons (Fsp3) is 0.462. The molecule has 1 aromatic carbocycles. The van der Waals surface area contributed by atoms with Gasteiger partial charge in [-0.3, -0.25) is 4.79 Å². The Hall–Kier alpha value is 0.130. The van der Waals surface area contributed by atoms with Crippen molar-refractivity contribution in [3.63, 3.8) is 0 Å². The number of rotatable bonds is 3. The minimum Gasteiger partial charge on any atom is -0.480 e. The number of alkyl halides is 2. The molecule has 0 aromatic heterocycles. The zero-order valence-corrected chi connectivity index (χ0v) is 14.4. The summed E-state index contributed by atoms with van der Waals surface area (Å²) in [5.41, 5.74) is 3.74. The third kappa shape index (κ3) is 2.83. The molecule has 0 radical (unpaired) electrons. The molecule has 0 saturated heterocycles. The van der Waals surface area contributed by atoms with Crippen LogP contribution in [0.2, 0.25) is 0 Å². The maximum Gasteiger partial charge on any atom is 0.318 e. The Balaban J connectivity index is 2.42. The molecule has 0 aliphatic heterocycles. The molecule has 18 heavy (non-hydrogen) atoms. The van der Waals surface area contributed by atoms with Crippen LogP contribution in [-0.4, -0.2) is 15.9 Å². The molecule has 5 heteroatoms. The lowest BCUT2D eigenvalue weighted by Crippen LogP contribution is -2.20. The van der Waals surface area contributed by atoms with Gasteiger partial charge in [0.2, 0.25) is 0 Å². The summed E-state index contributed by atoms with van der Waals surface area (Å²) in [5.74, 6) is -0.843. The lowest BCUT2D eigenvalue weighted by atomic mass is 9.87. The van der Waals surface area contributed by atoms with Crippen LogP contribution < -0.4 is 0 Å². The van der Waals surface area contributed by atoms with Crippen molar-refractivity contribution in [2.45, 2.75) is 35.3 Å². The van der Waals surface area contributed by atoms with Crippen molar-refractivity contribution in [2.24, 2.45) is 0 Å². The SMILES string of the molecule is O=C(O)C(Br)C(Br)c1ccc(Br)c2c1CCCC2. The zero-order chi connectivity index (χ0) is 13.3. The monoisotopic (exact) mass is 438 g/mol. The highest BCUT2D eigenvalue weighted by Crippen LogP contribution is 2.39. The number of halogens is 3. The van der Waals surface area contributed by atoms with Gasteiger partial charge in [-0.1, -0.05) is 53.9 Å². The number of aliphatic carboxylic acids is 1. The average Bonchev–Trinajstić information content (AvgIpc) is 2.38. The highest BCUT2D eigenvalue weighted by molar-refractivity contribution is 9.12. The molecule has 2 nitrogen and oxygen atoms in total. The first-order valence-corrected chi connectivity index (χ1v) is 8.46. The summed E-state index contributed by atoms with van der Waals surface area (Å²) in [6.45, 7) is 0. The molecule has 2 unspecified atom stereocenters. The molecule has 1 aliphatic carbocycles. The molecule has 0 saturated carbocycles. The Kier molecular flexibility index (Phi) is 4.89. The van der Waals surface area contributed by atoms with Crippen LogP contribution in [0.1, 0.15) is 34.4 Å². The molecule has 1 aromatic rings.